The van der Waals surface area contributed by atoms with Gasteiger partial charge in [-0.25, -0.2) is 4.79 Å². The number of carbonyl (C=O) groups is 2. The number of benzene rings is 1. The Morgan fingerprint density at radius 3 is 2.53 bits per heavy atom. The summed E-state index contributed by atoms with van der Waals surface area (Å²) in [6.07, 6.45) is 3.07. The van der Waals surface area contributed by atoms with Crippen LogP contribution in [0.5, 0.6) is 0 Å². The second kappa shape index (κ2) is 7.04. The Labute approximate surface area is 113 Å². The van der Waals surface area contributed by atoms with E-state index in [0.29, 0.717) is 18.1 Å². The molecule has 0 bridgehead atoms. The first-order valence-corrected chi connectivity index (χ1v) is 6.74. The summed E-state index contributed by atoms with van der Waals surface area (Å²) < 4.78 is 5.05. The van der Waals surface area contributed by atoms with Crippen LogP contribution in [0.4, 0.5) is 0 Å². The van der Waals surface area contributed by atoms with Gasteiger partial charge in [0.25, 0.3) is 5.78 Å². The molecule has 1 aliphatic heterocycles. The van der Waals surface area contributed by atoms with E-state index in [1.807, 2.05) is 0 Å². The standard InChI is InChI=1S/C15H19NO3/c17-14(13-4-2-1-3-5-13)15(18)19-11-8-12-6-9-16-10-7-12/h1-5,12,16H,6-11H2. The number of hydrogen-bond acceptors (Lipinski definition) is 4. The van der Waals surface area contributed by atoms with Crippen LogP contribution in [-0.2, 0) is 9.53 Å². The van der Waals surface area contributed by atoms with Crippen LogP contribution in [0.15, 0.2) is 30.3 Å². The van der Waals surface area contributed by atoms with Crippen molar-refractivity contribution in [1.29, 1.82) is 0 Å². The number of ether oxygens (including phenoxy) is 1. The van der Waals surface area contributed by atoms with Gasteiger partial charge in [0.2, 0.25) is 0 Å². The van der Waals surface area contributed by atoms with Gasteiger partial charge in [-0.15, -0.1) is 0 Å². The number of carbonyl (C=O) groups excluding carboxylic acids is 2. The number of rotatable bonds is 5. The second-order valence-corrected chi connectivity index (χ2v) is 4.81. The fraction of sp³-hybridized carbons (Fsp3) is 0.467. The normalized spacial score (nSPS) is 16.0. The smallest absolute Gasteiger partial charge is 0.379 e. The van der Waals surface area contributed by atoms with E-state index in [2.05, 4.69) is 5.32 Å². The highest BCUT2D eigenvalue weighted by Gasteiger charge is 2.18. The number of nitrogens with one attached hydrogen (secondary N) is 1. The third-order valence-corrected chi connectivity index (χ3v) is 3.44. The van der Waals surface area contributed by atoms with Gasteiger partial charge < -0.3 is 10.1 Å². The molecule has 1 heterocycles. The first kappa shape index (κ1) is 13.7. The van der Waals surface area contributed by atoms with Crippen LogP contribution in [0.3, 0.4) is 0 Å². The van der Waals surface area contributed by atoms with Gasteiger partial charge in [0.05, 0.1) is 6.61 Å². The average Bonchev–Trinajstić information content (AvgIpc) is 2.48. The van der Waals surface area contributed by atoms with E-state index in [1.54, 1.807) is 30.3 Å². The Hall–Kier alpha value is -1.68. The molecule has 0 atom stereocenters. The maximum absolute atomic E-state index is 11.7. The maximum atomic E-state index is 11.7. The molecule has 1 aliphatic rings. The first-order valence-electron chi connectivity index (χ1n) is 6.74. The lowest BCUT2D eigenvalue weighted by Gasteiger charge is -2.22. The quantitative estimate of drug-likeness (QED) is 0.499. The van der Waals surface area contributed by atoms with Crippen LogP contribution >= 0.6 is 0 Å². The van der Waals surface area contributed by atoms with E-state index in [-0.39, 0.29) is 0 Å². The molecule has 0 amide bonds. The minimum absolute atomic E-state index is 0.335. The van der Waals surface area contributed by atoms with Crippen LogP contribution < -0.4 is 5.32 Å². The van der Waals surface area contributed by atoms with E-state index in [0.717, 1.165) is 32.4 Å². The molecule has 1 saturated heterocycles. The lowest BCUT2D eigenvalue weighted by Crippen LogP contribution is -2.28. The van der Waals surface area contributed by atoms with Gasteiger partial charge in [-0.1, -0.05) is 30.3 Å². The van der Waals surface area contributed by atoms with Crippen LogP contribution in [0.25, 0.3) is 0 Å². The van der Waals surface area contributed by atoms with Crippen molar-refractivity contribution in [2.45, 2.75) is 19.3 Å². The lowest BCUT2D eigenvalue weighted by molar-refractivity contribution is -0.138. The molecule has 1 N–H and O–H groups in total. The monoisotopic (exact) mass is 261 g/mol. The predicted molar refractivity (Wildman–Crippen MR) is 71.9 cm³/mol. The van der Waals surface area contributed by atoms with Crippen molar-refractivity contribution in [2.75, 3.05) is 19.7 Å². The predicted octanol–water partition coefficient (Wildman–Crippen LogP) is 1.80. The van der Waals surface area contributed by atoms with Gasteiger partial charge in [-0.05, 0) is 38.3 Å². The summed E-state index contributed by atoms with van der Waals surface area (Å²) in [6.45, 7) is 2.39. The van der Waals surface area contributed by atoms with E-state index < -0.39 is 11.8 Å². The van der Waals surface area contributed by atoms with Crippen molar-refractivity contribution in [3.05, 3.63) is 35.9 Å². The number of Topliss-reactive ketones (excluding diaryl/α,β-unsaturated/α-hetero) is 1. The van der Waals surface area contributed by atoms with Gasteiger partial charge in [0.1, 0.15) is 0 Å². The first-order chi connectivity index (χ1) is 9.27. The molecule has 1 aromatic rings. The topological polar surface area (TPSA) is 55.4 Å². The molecular formula is C15H19NO3. The van der Waals surface area contributed by atoms with Gasteiger partial charge >= 0.3 is 5.97 Å². The Morgan fingerprint density at radius 1 is 1.16 bits per heavy atom. The van der Waals surface area contributed by atoms with Crippen molar-refractivity contribution < 1.29 is 14.3 Å². The fourth-order valence-corrected chi connectivity index (χ4v) is 2.26. The van der Waals surface area contributed by atoms with Crippen LogP contribution in [0, 0.1) is 5.92 Å². The van der Waals surface area contributed by atoms with E-state index in [9.17, 15) is 9.59 Å². The van der Waals surface area contributed by atoms with Crippen molar-refractivity contribution >= 4 is 11.8 Å². The third-order valence-electron chi connectivity index (χ3n) is 3.44. The third kappa shape index (κ3) is 4.17. The average molecular weight is 261 g/mol. The van der Waals surface area contributed by atoms with Crippen LogP contribution in [0.2, 0.25) is 0 Å². The summed E-state index contributed by atoms with van der Waals surface area (Å²) in [4.78, 5) is 23.3. The highest BCUT2D eigenvalue weighted by atomic mass is 16.5. The van der Waals surface area contributed by atoms with E-state index in [4.69, 9.17) is 4.74 Å². The molecule has 1 fully saturated rings. The Bertz CT molecular complexity index is 424. The van der Waals surface area contributed by atoms with Crippen molar-refractivity contribution in [1.82, 2.24) is 5.32 Å². The summed E-state index contributed by atoms with van der Waals surface area (Å²) in [5, 5.41) is 3.29. The maximum Gasteiger partial charge on any atom is 0.379 e. The molecule has 0 radical (unpaired) electrons. The minimum Gasteiger partial charge on any atom is -0.460 e. The molecule has 0 aromatic heterocycles. The number of piperidine rings is 1. The molecule has 0 aliphatic carbocycles. The molecule has 2 rings (SSSR count). The Kier molecular flexibility index (Phi) is 5.10. The Morgan fingerprint density at radius 2 is 1.84 bits per heavy atom. The lowest BCUT2D eigenvalue weighted by atomic mass is 9.95. The van der Waals surface area contributed by atoms with Crippen molar-refractivity contribution in [3.8, 4) is 0 Å². The highest BCUT2D eigenvalue weighted by molar-refractivity contribution is 6.40. The summed E-state index contributed by atoms with van der Waals surface area (Å²) in [7, 11) is 0. The van der Waals surface area contributed by atoms with Gasteiger partial charge in [-0.2, -0.15) is 0 Å². The zero-order chi connectivity index (χ0) is 13.5. The van der Waals surface area contributed by atoms with Crippen LogP contribution in [-0.4, -0.2) is 31.4 Å². The molecule has 19 heavy (non-hydrogen) atoms. The molecule has 0 unspecified atom stereocenters. The molecule has 0 spiro atoms. The number of ketones is 1. The van der Waals surface area contributed by atoms with E-state index >= 15 is 0 Å². The summed E-state index contributed by atoms with van der Waals surface area (Å²) in [6, 6.07) is 8.51. The fourth-order valence-electron chi connectivity index (χ4n) is 2.26. The largest absolute Gasteiger partial charge is 0.460 e. The highest BCUT2D eigenvalue weighted by Crippen LogP contribution is 2.15. The zero-order valence-electron chi connectivity index (χ0n) is 10.9. The van der Waals surface area contributed by atoms with Gasteiger partial charge in [-0.3, -0.25) is 4.79 Å². The van der Waals surface area contributed by atoms with E-state index in [1.165, 1.54) is 0 Å². The van der Waals surface area contributed by atoms with Crippen LogP contribution in [0.1, 0.15) is 29.6 Å². The number of hydrogen-bond donors (Lipinski definition) is 1. The van der Waals surface area contributed by atoms with Crippen molar-refractivity contribution in [3.63, 3.8) is 0 Å². The summed E-state index contributed by atoms with van der Waals surface area (Å²) in [5.74, 6) is -0.716. The SMILES string of the molecule is O=C(OCCC1CCNCC1)C(=O)c1ccccc1. The molecule has 1 aromatic carbocycles. The summed E-state index contributed by atoms with van der Waals surface area (Å²) >= 11 is 0. The molecule has 4 nitrogen and oxygen atoms in total. The zero-order valence-corrected chi connectivity index (χ0v) is 10.9. The second-order valence-electron chi connectivity index (χ2n) is 4.81. The molecule has 0 saturated carbocycles. The summed E-state index contributed by atoms with van der Waals surface area (Å²) in [5.41, 5.74) is 0.384. The molecule has 102 valence electrons. The van der Waals surface area contributed by atoms with Gasteiger partial charge in [0.15, 0.2) is 0 Å². The minimum atomic E-state index is -0.750. The Balaban J connectivity index is 1.73. The molecule has 4 heteroatoms. The molecular weight excluding hydrogens is 242 g/mol. The van der Waals surface area contributed by atoms with Crippen molar-refractivity contribution in [2.24, 2.45) is 5.92 Å². The number of esters is 1. The van der Waals surface area contributed by atoms with Gasteiger partial charge in [0, 0.05) is 5.56 Å².